The third-order valence-electron chi connectivity index (χ3n) is 3.62. The first-order valence-corrected chi connectivity index (χ1v) is 10.2. The Morgan fingerprint density at radius 1 is 1.21 bits per heavy atom. The lowest BCUT2D eigenvalue weighted by atomic mass is 10.2. The van der Waals surface area contributed by atoms with Crippen LogP contribution in [0.2, 0.25) is 5.02 Å². The number of methoxy groups -OCH3 is 2. The zero-order chi connectivity index (χ0) is 20.7. The zero-order valence-electron chi connectivity index (χ0n) is 15.5. The Morgan fingerprint density at radius 3 is 2.57 bits per heavy atom. The number of carbonyl (C=O) groups excluding carboxylic acids is 1. The molecular formula is C18H20ClN3O5S. The highest BCUT2D eigenvalue weighted by molar-refractivity contribution is 7.92. The van der Waals surface area contributed by atoms with Crippen LogP contribution in [0.1, 0.15) is 5.56 Å². The van der Waals surface area contributed by atoms with E-state index >= 15 is 0 Å². The molecule has 0 radical (unpaired) electrons. The molecule has 0 bridgehead atoms. The van der Waals surface area contributed by atoms with Crippen molar-refractivity contribution in [1.29, 1.82) is 0 Å². The Kier molecular flexibility index (Phi) is 7.24. The van der Waals surface area contributed by atoms with Gasteiger partial charge in [0.15, 0.2) is 0 Å². The van der Waals surface area contributed by atoms with E-state index in [1.807, 2.05) is 0 Å². The molecule has 0 aliphatic rings. The first kappa shape index (κ1) is 21.5. The number of carbonyl (C=O) groups is 1. The van der Waals surface area contributed by atoms with Gasteiger partial charge in [0, 0.05) is 16.7 Å². The number of hydrazone groups is 1. The normalized spacial score (nSPS) is 11.3. The van der Waals surface area contributed by atoms with Crippen molar-refractivity contribution in [2.45, 2.75) is 0 Å². The predicted molar refractivity (Wildman–Crippen MR) is 109 cm³/mol. The number of sulfonamides is 1. The standard InChI is InChI=1S/C18H20ClN3O5S/c1-26-16-8-7-13(17(10-16)27-2)11-20-21-18(23)12-22(28(3,24)25)15-6-4-5-14(19)9-15/h4-11H,12H2,1-3H3,(H,21,23)/b20-11-. The van der Waals surface area contributed by atoms with Crippen molar-refractivity contribution in [2.24, 2.45) is 5.10 Å². The van der Waals surface area contributed by atoms with E-state index in [1.54, 1.807) is 36.4 Å². The molecule has 0 aromatic heterocycles. The third-order valence-corrected chi connectivity index (χ3v) is 4.99. The maximum atomic E-state index is 12.2. The van der Waals surface area contributed by atoms with E-state index in [1.165, 1.54) is 26.5 Å². The molecule has 0 aliphatic heterocycles. The Balaban J connectivity index is 2.10. The van der Waals surface area contributed by atoms with Crippen LogP contribution in [0.4, 0.5) is 5.69 Å². The van der Waals surface area contributed by atoms with Gasteiger partial charge in [-0.3, -0.25) is 9.10 Å². The molecule has 0 unspecified atom stereocenters. The van der Waals surface area contributed by atoms with Gasteiger partial charge in [0.25, 0.3) is 5.91 Å². The minimum atomic E-state index is -3.70. The molecule has 28 heavy (non-hydrogen) atoms. The Morgan fingerprint density at radius 2 is 1.96 bits per heavy atom. The van der Waals surface area contributed by atoms with E-state index in [0.29, 0.717) is 22.1 Å². The second-order valence-corrected chi connectivity index (χ2v) is 7.99. The molecule has 0 spiro atoms. The molecule has 8 nitrogen and oxygen atoms in total. The van der Waals surface area contributed by atoms with Crippen LogP contribution in [-0.2, 0) is 14.8 Å². The van der Waals surface area contributed by atoms with E-state index in [4.69, 9.17) is 21.1 Å². The molecule has 2 aromatic rings. The highest BCUT2D eigenvalue weighted by Gasteiger charge is 2.20. The van der Waals surface area contributed by atoms with Crippen molar-refractivity contribution in [3.05, 3.63) is 53.1 Å². The molecule has 0 saturated heterocycles. The summed E-state index contributed by atoms with van der Waals surface area (Å²) in [5, 5.41) is 4.22. The summed E-state index contributed by atoms with van der Waals surface area (Å²) in [6.45, 7) is -0.448. The van der Waals surface area contributed by atoms with E-state index in [2.05, 4.69) is 10.5 Å². The highest BCUT2D eigenvalue weighted by atomic mass is 35.5. The monoisotopic (exact) mass is 425 g/mol. The number of nitrogens with one attached hydrogen (secondary N) is 1. The average Bonchev–Trinajstić information content (AvgIpc) is 2.65. The summed E-state index contributed by atoms with van der Waals surface area (Å²) < 4.78 is 35.4. The predicted octanol–water partition coefficient (Wildman–Crippen LogP) is 2.27. The molecule has 0 heterocycles. The quantitative estimate of drug-likeness (QED) is 0.517. The number of hydrogen-bond acceptors (Lipinski definition) is 6. The van der Waals surface area contributed by atoms with Crippen molar-refractivity contribution in [2.75, 3.05) is 31.3 Å². The summed E-state index contributed by atoms with van der Waals surface area (Å²) in [5.74, 6) is 0.506. The van der Waals surface area contributed by atoms with Crippen LogP contribution in [0.25, 0.3) is 0 Å². The fourth-order valence-electron chi connectivity index (χ4n) is 2.30. The molecule has 1 N–H and O–H groups in total. The Bertz CT molecular complexity index is 979. The molecule has 0 aliphatic carbocycles. The third kappa shape index (κ3) is 5.86. The molecule has 1 amide bonds. The maximum absolute atomic E-state index is 12.2. The topological polar surface area (TPSA) is 97.3 Å². The van der Waals surface area contributed by atoms with Crippen molar-refractivity contribution < 1.29 is 22.7 Å². The molecule has 0 saturated carbocycles. The second kappa shape index (κ2) is 9.43. The molecule has 2 rings (SSSR count). The first-order chi connectivity index (χ1) is 13.2. The van der Waals surface area contributed by atoms with E-state index in [-0.39, 0.29) is 5.69 Å². The lowest BCUT2D eigenvalue weighted by Gasteiger charge is -2.21. The van der Waals surface area contributed by atoms with Gasteiger partial charge in [-0.1, -0.05) is 17.7 Å². The largest absolute Gasteiger partial charge is 0.497 e. The molecule has 0 fully saturated rings. The number of amides is 1. The number of hydrogen-bond donors (Lipinski definition) is 1. The molecular weight excluding hydrogens is 406 g/mol. The van der Waals surface area contributed by atoms with Crippen LogP contribution in [0.15, 0.2) is 47.6 Å². The SMILES string of the molecule is COc1ccc(/C=N\NC(=O)CN(c2cccc(Cl)c2)S(C)(=O)=O)c(OC)c1. The van der Waals surface area contributed by atoms with Gasteiger partial charge >= 0.3 is 0 Å². The fourth-order valence-corrected chi connectivity index (χ4v) is 3.33. The van der Waals surface area contributed by atoms with E-state index in [0.717, 1.165) is 10.6 Å². The Hall–Kier alpha value is -2.78. The smallest absolute Gasteiger partial charge is 0.260 e. The lowest BCUT2D eigenvalue weighted by molar-refractivity contribution is -0.119. The molecule has 2 aromatic carbocycles. The number of nitrogens with zero attached hydrogens (tertiary/aromatic N) is 2. The van der Waals surface area contributed by atoms with Crippen molar-refractivity contribution in [3.63, 3.8) is 0 Å². The minimum absolute atomic E-state index is 0.283. The minimum Gasteiger partial charge on any atom is -0.497 e. The van der Waals surface area contributed by atoms with Crippen LogP contribution in [0, 0.1) is 0 Å². The lowest BCUT2D eigenvalue weighted by Crippen LogP contribution is -2.39. The zero-order valence-corrected chi connectivity index (χ0v) is 17.1. The molecule has 150 valence electrons. The number of benzene rings is 2. The van der Waals surface area contributed by atoms with Crippen LogP contribution < -0.4 is 19.2 Å². The molecule has 10 heteroatoms. The number of halogens is 1. The fraction of sp³-hybridized carbons (Fsp3) is 0.222. The van der Waals surface area contributed by atoms with Crippen molar-refractivity contribution >= 4 is 39.4 Å². The van der Waals surface area contributed by atoms with E-state index < -0.39 is 22.5 Å². The summed E-state index contributed by atoms with van der Waals surface area (Å²) >= 11 is 5.91. The van der Waals surface area contributed by atoms with Crippen molar-refractivity contribution in [3.8, 4) is 11.5 Å². The van der Waals surface area contributed by atoms with Gasteiger partial charge in [-0.2, -0.15) is 5.10 Å². The maximum Gasteiger partial charge on any atom is 0.260 e. The number of anilines is 1. The summed E-state index contributed by atoms with van der Waals surface area (Å²) in [4.78, 5) is 12.2. The second-order valence-electron chi connectivity index (χ2n) is 5.65. The van der Waals surface area contributed by atoms with Gasteiger partial charge in [0.1, 0.15) is 18.0 Å². The highest BCUT2D eigenvalue weighted by Crippen LogP contribution is 2.23. The van der Waals surface area contributed by atoms with Crippen LogP contribution in [0.5, 0.6) is 11.5 Å². The van der Waals surface area contributed by atoms with E-state index in [9.17, 15) is 13.2 Å². The summed E-state index contributed by atoms with van der Waals surface area (Å²) in [7, 11) is -0.660. The Labute approximate surface area is 168 Å². The van der Waals surface area contributed by atoms with Gasteiger partial charge in [-0.25, -0.2) is 13.8 Å². The van der Waals surface area contributed by atoms with Crippen molar-refractivity contribution in [1.82, 2.24) is 5.43 Å². The van der Waals surface area contributed by atoms with Gasteiger partial charge in [0.2, 0.25) is 10.0 Å². The summed E-state index contributed by atoms with van der Waals surface area (Å²) in [6, 6.07) is 11.3. The first-order valence-electron chi connectivity index (χ1n) is 8.02. The van der Waals surface area contributed by atoms with Gasteiger partial charge in [0.05, 0.1) is 32.4 Å². The number of rotatable bonds is 8. The van der Waals surface area contributed by atoms with Crippen LogP contribution in [0.3, 0.4) is 0 Å². The van der Waals surface area contributed by atoms with Gasteiger partial charge in [-0.05, 0) is 30.3 Å². The summed E-state index contributed by atoms with van der Waals surface area (Å²) in [5.41, 5.74) is 3.20. The average molecular weight is 426 g/mol. The van der Waals surface area contributed by atoms with Gasteiger partial charge < -0.3 is 9.47 Å². The number of ether oxygens (including phenoxy) is 2. The van der Waals surface area contributed by atoms with Gasteiger partial charge in [-0.15, -0.1) is 0 Å². The van der Waals surface area contributed by atoms with Crippen LogP contribution >= 0.6 is 11.6 Å². The summed E-state index contributed by atoms with van der Waals surface area (Å²) in [6.07, 6.45) is 2.40. The molecule has 0 atom stereocenters. The van der Waals surface area contributed by atoms with Crippen LogP contribution in [-0.4, -0.2) is 47.6 Å².